The number of hydrogen-bond donors (Lipinski definition) is 1. The fraction of sp³-hybridized carbons (Fsp3) is 0.263. The van der Waals surface area contributed by atoms with Gasteiger partial charge in [0.15, 0.2) is 0 Å². The molecule has 0 saturated carbocycles. The molecule has 0 bridgehead atoms. The largest absolute Gasteiger partial charge is 0.465 e. The molecule has 2 aromatic carbocycles. The van der Waals surface area contributed by atoms with E-state index in [0.29, 0.717) is 5.56 Å². The summed E-state index contributed by atoms with van der Waals surface area (Å²) in [5.74, 6) is -0.907. The van der Waals surface area contributed by atoms with Crippen LogP contribution in [0.5, 0.6) is 11.5 Å². The maximum Gasteiger partial charge on any atom is 0.337 e. The van der Waals surface area contributed by atoms with E-state index in [4.69, 9.17) is 15.2 Å². The average molecular weight is 388 g/mol. The van der Waals surface area contributed by atoms with E-state index >= 15 is 0 Å². The van der Waals surface area contributed by atoms with Crippen molar-refractivity contribution in [2.24, 2.45) is 5.73 Å². The van der Waals surface area contributed by atoms with Gasteiger partial charge in [0.25, 0.3) is 0 Å². The first-order valence-corrected chi connectivity index (χ1v) is 8.41. The van der Waals surface area contributed by atoms with Crippen LogP contribution in [0.3, 0.4) is 0 Å². The lowest BCUT2D eigenvalue weighted by molar-refractivity contribution is -0.385. The van der Waals surface area contributed by atoms with Crippen molar-refractivity contribution < 1.29 is 28.7 Å². The molecule has 1 atom stereocenters. The number of nitrogens with two attached hydrogens (primary N) is 1. The van der Waals surface area contributed by atoms with E-state index in [2.05, 4.69) is 4.74 Å². The van der Waals surface area contributed by atoms with E-state index < -0.39 is 22.9 Å². The van der Waals surface area contributed by atoms with E-state index in [1.165, 1.54) is 31.4 Å². The fourth-order valence-electron chi connectivity index (χ4n) is 2.44. The Morgan fingerprint density at radius 2 is 1.96 bits per heavy atom. The molecule has 0 fully saturated rings. The molecule has 28 heavy (non-hydrogen) atoms. The summed E-state index contributed by atoms with van der Waals surface area (Å²) in [7, 11) is 1.25. The summed E-state index contributed by atoms with van der Waals surface area (Å²) in [6.45, 7) is 1.86. The number of rotatable bonds is 8. The van der Waals surface area contributed by atoms with Crippen molar-refractivity contribution in [1.29, 1.82) is 0 Å². The molecule has 0 heterocycles. The van der Waals surface area contributed by atoms with E-state index in [0.717, 1.165) is 0 Å². The second-order valence-electron chi connectivity index (χ2n) is 5.74. The first-order chi connectivity index (χ1) is 13.3. The molecule has 1 unspecified atom stereocenters. The van der Waals surface area contributed by atoms with E-state index in [1.807, 2.05) is 0 Å². The Morgan fingerprint density at radius 3 is 2.61 bits per heavy atom. The quantitative estimate of drug-likeness (QED) is 0.415. The Balaban J connectivity index is 2.25. The minimum absolute atomic E-state index is 0.0135. The van der Waals surface area contributed by atoms with Gasteiger partial charge in [-0.3, -0.25) is 14.9 Å². The molecule has 0 radical (unpaired) electrons. The highest BCUT2D eigenvalue weighted by atomic mass is 16.6. The first kappa shape index (κ1) is 20.8. The van der Waals surface area contributed by atoms with Crippen molar-refractivity contribution >= 4 is 17.6 Å². The van der Waals surface area contributed by atoms with Gasteiger partial charge in [0.2, 0.25) is 5.75 Å². The van der Waals surface area contributed by atoms with E-state index in [1.54, 1.807) is 25.1 Å². The molecule has 0 spiro atoms. The summed E-state index contributed by atoms with van der Waals surface area (Å²) in [5.41, 5.74) is 6.21. The third kappa shape index (κ3) is 5.27. The number of esters is 2. The van der Waals surface area contributed by atoms with Crippen molar-refractivity contribution in [3.05, 3.63) is 63.7 Å². The number of benzene rings is 2. The molecular formula is C19H20N2O7. The van der Waals surface area contributed by atoms with Crippen LogP contribution >= 0.6 is 0 Å². The predicted octanol–water partition coefficient (Wildman–Crippen LogP) is 2.61. The van der Waals surface area contributed by atoms with E-state index in [-0.39, 0.29) is 35.8 Å². The summed E-state index contributed by atoms with van der Waals surface area (Å²) >= 11 is 0. The lowest BCUT2D eigenvalue weighted by Gasteiger charge is -2.12. The van der Waals surface area contributed by atoms with Crippen LogP contribution in [-0.2, 0) is 20.7 Å². The van der Waals surface area contributed by atoms with Crippen LogP contribution in [0, 0.1) is 10.1 Å². The van der Waals surface area contributed by atoms with Crippen LogP contribution in [0.2, 0.25) is 0 Å². The molecule has 0 aliphatic heterocycles. The maximum atomic E-state index is 11.6. The lowest BCUT2D eigenvalue weighted by atomic mass is 10.1. The third-order valence-corrected chi connectivity index (χ3v) is 3.75. The Bertz CT molecular complexity index is 882. The van der Waals surface area contributed by atoms with Crippen molar-refractivity contribution in [2.45, 2.75) is 19.4 Å². The molecule has 0 amide bonds. The smallest absolute Gasteiger partial charge is 0.337 e. The van der Waals surface area contributed by atoms with Gasteiger partial charge in [-0.2, -0.15) is 0 Å². The lowest BCUT2D eigenvalue weighted by Crippen LogP contribution is -2.34. The van der Waals surface area contributed by atoms with Gasteiger partial charge < -0.3 is 19.9 Å². The van der Waals surface area contributed by atoms with Crippen molar-refractivity contribution in [3.8, 4) is 11.5 Å². The summed E-state index contributed by atoms with van der Waals surface area (Å²) in [6, 6.07) is 9.43. The summed E-state index contributed by atoms with van der Waals surface area (Å²) < 4.78 is 15.1. The van der Waals surface area contributed by atoms with Crippen molar-refractivity contribution in [2.75, 3.05) is 13.7 Å². The molecule has 2 N–H and O–H groups in total. The molecule has 2 rings (SSSR count). The summed E-state index contributed by atoms with van der Waals surface area (Å²) in [6.07, 6.45) is 0.0811. The SMILES string of the molecule is CCOC(=O)C(N)Cc1ccc(Oc2cccc(C(=O)OC)c2)c([N+](=O)[O-])c1. The monoisotopic (exact) mass is 388 g/mol. The van der Waals surface area contributed by atoms with Crippen molar-refractivity contribution in [1.82, 2.24) is 0 Å². The Labute approximate surface area is 161 Å². The second-order valence-corrected chi connectivity index (χ2v) is 5.74. The van der Waals surface area contributed by atoms with Gasteiger partial charge >= 0.3 is 17.6 Å². The molecule has 0 saturated heterocycles. The highest BCUT2D eigenvalue weighted by Gasteiger charge is 2.21. The number of methoxy groups -OCH3 is 1. The predicted molar refractivity (Wildman–Crippen MR) is 99.3 cm³/mol. The molecule has 2 aromatic rings. The molecule has 9 heteroatoms. The Morgan fingerprint density at radius 1 is 1.21 bits per heavy atom. The number of carbonyl (C=O) groups excluding carboxylic acids is 2. The number of nitro benzene ring substituents is 1. The minimum atomic E-state index is -0.928. The number of nitrogens with zero attached hydrogens (tertiary/aromatic N) is 1. The molecule has 9 nitrogen and oxygen atoms in total. The third-order valence-electron chi connectivity index (χ3n) is 3.75. The molecule has 0 aliphatic rings. The Hall–Kier alpha value is -3.46. The van der Waals surface area contributed by atoms with Gasteiger partial charge in [0.05, 0.1) is 24.2 Å². The van der Waals surface area contributed by atoms with E-state index in [9.17, 15) is 19.7 Å². The normalized spacial score (nSPS) is 11.4. The van der Waals surface area contributed by atoms with Crippen LogP contribution < -0.4 is 10.5 Å². The number of hydrogen-bond acceptors (Lipinski definition) is 8. The van der Waals surface area contributed by atoms with Gasteiger partial charge in [-0.05, 0) is 43.2 Å². The van der Waals surface area contributed by atoms with Crippen LogP contribution in [0.1, 0.15) is 22.8 Å². The molecule has 148 valence electrons. The highest BCUT2D eigenvalue weighted by molar-refractivity contribution is 5.89. The minimum Gasteiger partial charge on any atom is -0.465 e. The van der Waals surface area contributed by atoms with Gasteiger partial charge in [0.1, 0.15) is 11.8 Å². The molecule has 0 aromatic heterocycles. The van der Waals surface area contributed by atoms with Crippen molar-refractivity contribution in [3.63, 3.8) is 0 Å². The average Bonchev–Trinajstić information content (AvgIpc) is 2.68. The molecular weight excluding hydrogens is 368 g/mol. The van der Waals surface area contributed by atoms with Crippen LogP contribution in [-0.4, -0.2) is 36.6 Å². The highest BCUT2D eigenvalue weighted by Crippen LogP contribution is 2.32. The van der Waals surface area contributed by atoms with Gasteiger partial charge in [-0.25, -0.2) is 4.79 Å². The van der Waals surface area contributed by atoms with Gasteiger partial charge in [-0.15, -0.1) is 0 Å². The zero-order chi connectivity index (χ0) is 20.7. The molecule has 0 aliphatic carbocycles. The summed E-state index contributed by atoms with van der Waals surface area (Å²) in [4.78, 5) is 34.1. The van der Waals surface area contributed by atoms with Gasteiger partial charge in [-0.1, -0.05) is 12.1 Å². The van der Waals surface area contributed by atoms with Crippen LogP contribution in [0.25, 0.3) is 0 Å². The topological polar surface area (TPSA) is 131 Å². The summed E-state index contributed by atoms with van der Waals surface area (Å²) in [5, 5.41) is 11.4. The van der Waals surface area contributed by atoms with Crippen LogP contribution in [0.4, 0.5) is 5.69 Å². The first-order valence-electron chi connectivity index (χ1n) is 8.41. The number of ether oxygens (including phenoxy) is 3. The second kappa shape index (κ2) is 9.47. The zero-order valence-corrected chi connectivity index (χ0v) is 15.4. The van der Waals surface area contributed by atoms with Gasteiger partial charge in [0, 0.05) is 6.07 Å². The Kier molecular flexibility index (Phi) is 7.05. The zero-order valence-electron chi connectivity index (χ0n) is 15.4. The van der Waals surface area contributed by atoms with Crippen LogP contribution in [0.15, 0.2) is 42.5 Å². The number of nitro groups is 1. The number of carbonyl (C=O) groups is 2. The fourth-order valence-corrected chi connectivity index (χ4v) is 2.44. The standard InChI is InChI=1S/C19H20N2O7/c1-3-27-19(23)15(20)9-12-7-8-17(16(10-12)21(24)25)28-14-6-4-5-13(11-14)18(22)26-2/h4-8,10-11,15H,3,9,20H2,1-2H3. The maximum absolute atomic E-state index is 11.6.